The topological polar surface area (TPSA) is 0 Å². The third kappa shape index (κ3) is 5.09. The van der Waals surface area contributed by atoms with Crippen molar-refractivity contribution in [3.05, 3.63) is 70.8 Å². The minimum absolute atomic E-state index is 0.278. The van der Waals surface area contributed by atoms with Crippen molar-refractivity contribution in [2.75, 3.05) is 7.18 Å². The van der Waals surface area contributed by atoms with Gasteiger partial charge in [-0.05, 0) is 86.2 Å². The standard InChI is InChI=1S/C33H44.CH3F/c1-8-10-24(4)20-26-14-17-28-29(21-26)30(27-15-12-23(3)13-16-27)22-33(7)31(28)18-19-32(33,6)25(5)11-9-2;1-2/h12-13,15-16,20-21,25,28,30-31H,4,8,10,14,17-19,22H2,1-3,5-7H3;1H3/b26-20-;/t25-,28?,30?,31?,32?,33?;/m1./s1. The van der Waals surface area contributed by atoms with E-state index in [1.165, 1.54) is 60.8 Å². The molecule has 0 nitrogen and oxygen atoms in total. The summed E-state index contributed by atoms with van der Waals surface area (Å²) in [7, 11) is 0.500. The fraction of sp³-hybridized carbons (Fsp3) is 0.588. The third-order valence-electron chi connectivity index (χ3n) is 9.90. The largest absolute Gasteiger partial charge is 0.255 e. The summed E-state index contributed by atoms with van der Waals surface area (Å²) in [6, 6.07) is 9.41. The first-order chi connectivity index (χ1) is 16.7. The highest BCUT2D eigenvalue weighted by Gasteiger charge is 2.61. The smallest absolute Gasteiger partial charge is 0.0785 e. The lowest BCUT2D eigenvalue weighted by Crippen LogP contribution is -2.48. The molecule has 1 aromatic rings. The average molecular weight is 475 g/mol. The molecule has 0 radical (unpaired) electrons. The van der Waals surface area contributed by atoms with Gasteiger partial charge in [-0.1, -0.05) is 99.7 Å². The lowest BCUT2D eigenvalue weighted by molar-refractivity contribution is -0.0124. The summed E-state index contributed by atoms with van der Waals surface area (Å²) in [6.07, 6.45) is 13.7. The van der Waals surface area contributed by atoms with Crippen LogP contribution in [0.25, 0.3) is 0 Å². The first-order valence-electron chi connectivity index (χ1n) is 13.7. The van der Waals surface area contributed by atoms with Crippen molar-refractivity contribution in [1.82, 2.24) is 0 Å². The second-order valence-electron chi connectivity index (χ2n) is 11.7. The molecule has 0 amide bonds. The first-order valence-corrected chi connectivity index (χ1v) is 13.7. The van der Waals surface area contributed by atoms with Gasteiger partial charge in [0.2, 0.25) is 0 Å². The Kier molecular flexibility index (Phi) is 8.91. The Balaban J connectivity index is 0.00000167. The normalized spacial score (nSPS) is 33.3. The quantitative estimate of drug-likeness (QED) is 0.372. The van der Waals surface area contributed by atoms with Crippen LogP contribution in [0, 0.1) is 47.3 Å². The van der Waals surface area contributed by atoms with Crippen LogP contribution in [0.2, 0.25) is 0 Å². The molecule has 2 fully saturated rings. The molecule has 190 valence electrons. The zero-order valence-electron chi connectivity index (χ0n) is 23.3. The van der Waals surface area contributed by atoms with E-state index in [9.17, 15) is 4.39 Å². The number of hydrogen-bond donors (Lipinski definition) is 0. The molecule has 0 heterocycles. The Morgan fingerprint density at radius 1 is 1.20 bits per heavy atom. The van der Waals surface area contributed by atoms with Gasteiger partial charge in [-0.25, -0.2) is 0 Å². The minimum atomic E-state index is 0.278. The summed E-state index contributed by atoms with van der Waals surface area (Å²) in [6.45, 7) is 18.4. The Morgan fingerprint density at radius 3 is 2.51 bits per heavy atom. The van der Waals surface area contributed by atoms with Crippen molar-refractivity contribution >= 4 is 0 Å². The number of fused-ring (bicyclic) bond motifs is 3. The van der Waals surface area contributed by atoms with Crippen LogP contribution in [0.5, 0.6) is 0 Å². The van der Waals surface area contributed by atoms with Crippen LogP contribution in [0.1, 0.15) is 96.6 Å². The molecule has 5 unspecified atom stereocenters. The maximum atomic E-state index is 9.50. The van der Waals surface area contributed by atoms with E-state index in [4.69, 9.17) is 0 Å². The maximum absolute atomic E-state index is 9.50. The summed E-state index contributed by atoms with van der Waals surface area (Å²) >= 11 is 0. The van der Waals surface area contributed by atoms with Gasteiger partial charge >= 0.3 is 0 Å². The number of hydrogen-bond acceptors (Lipinski definition) is 0. The van der Waals surface area contributed by atoms with Gasteiger partial charge in [0, 0.05) is 11.8 Å². The second-order valence-corrected chi connectivity index (χ2v) is 11.7. The van der Waals surface area contributed by atoms with Gasteiger partial charge in [0.05, 0.1) is 7.18 Å². The molecule has 3 aliphatic rings. The highest BCUT2D eigenvalue weighted by atomic mass is 19.1. The van der Waals surface area contributed by atoms with Crippen LogP contribution in [-0.2, 0) is 0 Å². The van der Waals surface area contributed by atoms with E-state index in [0.717, 1.165) is 12.3 Å². The van der Waals surface area contributed by atoms with Gasteiger partial charge in [-0.3, -0.25) is 4.39 Å². The molecule has 0 aromatic heterocycles. The predicted octanol–water partition coefficient (Wildman–Crippen LogP) is 9.77. The lowest BCUT2D eigenvalue weighted by Gasteiger charge is -2.56. The molecule has 0 spiro atoms. The summed E-state index contributed by atoms with van der Waals surface area (Å²) in [5.74, 6) is 9.26. The van der Waals surface area contributed by atoms with E-state index in [1.807, 2.05) is 6.92 Å². The predicted molar refractivity (Wildman–Crippen MR) is 150 cm³/mol. The molecule has 6 atom stereocenters. The van der Waals surface area contributed by atoms with Crippen LogP contribution in [0.4, 0.5) is 4.39 Å². The van der Waals surface area contributed by atoms with Gasteiger partial charge in [0.1, 0.15) is 0 Å². The van der Waals surface area contributed by atoms with Crippen LogP contribution < -0.4 is 0 Å². The van der Waals surface area contributed by atoms with E-state index in [1.54, 1.807) is 5.57 Å². The summed E-state index contributed by atoms with van der Waals surface area (Å²) < 4.78 is 9.50. The van der Waals surface area contributed by atoms with Crippen molar-refractivity contribution in [3.63, 3.8) is 0 Å². The Bertz CT molecular complexity index is 1010. The van der Waals surface area contributed by atoms with Gasteiger partial charge in [0.25, 0.3) is 0 Å². The number of allylic oxidation sites excluding steroid dienone is 5. The molecule has 0 aliphatic heterocycles. The van der Waals surface area contributed by atoms with Crippen molar-refractivity contribution in [3.8, 4) is 11.8 Å². The monoisotopic (exact) mass is 474 g/mol. The van der Waals surface area contributed by atoms with Crippen LogP contribution >= 0.6 is 0 Å². The molecule has 2 saturated carbocycles. The molecular formula is C34H47F. The van der Waals surface area contributed by atoms with Crippen molar-refractivity contribution < 1.29 is 4.39 Å². The molecule has 1 heteroatoms. The molecule has 3 aliphatic carbocycles. The van der Waals surface area contributed by atoms with Crippen molar-refractivity contribution in [2.45, 2.75) is 92.4 Å². The Labute approximate surface area is 215 Å². The average Bonchev–Trinajstić information content (AvgIpc) is 3.12. The van der Waals surface area contributed by atoms with Gasteiger partial charge < -0.3 is 0 Å². The van der Waals surface area contributed by atoms with Crippen molar-refractivity contribution in [2.24, 2.45) is 28.6 Å². The zero-order chi connectivity index (χ0) is 25.8. The number of benzene rings is 1. The maximum Gasteiger partial charge on any atom is 0.0785 e. The Hall–Kier alpha value is -2.07. The lowest BCUT2D eigenvalue weighted by atomic mass is 9.48. The fourth-order valence-corrected chi connectivity index (χ4v) is 7.69. The molecule has 0 bridgehead atoms. The molecule has 0 saturated heterocycles. The second kappa shape index (κ2) is 11.3. The van der Waals surface area contributed by atoms with Crippen molar-refractivity contribution in [1.29, 1.82) is 0 Å². The molecular weight excluding hydrogens is 427 g/mol. The number of alkyl halides is 1. The fourth-order valence-electron chi connectivity index (χ4n) is 7.69. The molecule has 1 aromatic carbocycles. The highest BCUT2D eigenvalue weighted by Crippen LogP contribution is 2.70. The number of rotatable bonds is 5. The van der Waals surface area contributed by atoms with Gasteiger partial charge in [0.15, 0.2) is 0 Å². The Morgan fingerprint density at radius 2 is 1.89 bits per heavy atom. The SMILES string of the molecule is C=C(/C=C1\C=C2C(c3ccc(C)cc3)CC3(C)C(CCC3(C)[C@H](C)C#CC)C2CC1)CCC.CF. The van der Waals surface area contributed by atoms with E-state index in [-0.39, 0.29) is 5.41 Å². The van der Waals surface area contributed by atoms with E-state index >= 15 is 0 Å². The van der Waals surface area contributed by atoms with E-state index < -0.39 is 0 Å². The van der Waals surface area contributed by atoms with Crippen LogP contribution in [-0.4, -0.2) is 7.18 Å². The van der Waals surface area contributed by atoms with Gasteiger partial charge in [-0.2, -0.15) is 0 Å². The molecule has 0 N–H and O–H groups in total. The molecule has 35 heavy (non-hydrogen) atoms. The summed E-state index contributed by atoms with van der Waals surface area (Å²) in [5.41, 5.74) is 7.96. The van der Waals surface area contributed by atoms with Crippen LogP contribution in [0.15, 0.2) is 59.7 Å². The first kappa shape index (κ1) is 27.5. The number of aryl methyl sites for hydroxylation is 1. The summed E-state index contributed by atoms with van der Waals surface area (Å²) in [4.78, 5) is 0. The minimum Gasteiger partial charge on any atom is -0.255 e. The third-order valence-corrected chi connectivity index (χ3v) is 9.90. The van der Waals surface area contributed by atoms with E-state index in [2.05, 4.69) is 89.5 Å². The van der Waals surface area contributed by atoms with Gasteiger partial charge in [-0.15, -0.1) is 5.92 Å². The number of halogens is 1. The summed E-state index contributed by atoms with van der Waals surface area (Å²) in [5, 5.41) is 0. The molecule has 4 rings (SSSR count). The van der Waals surface area contributed by atoms with Crippen LogP contribution in [0.3, 0.4) is 0 Å². The zero-order valence-corrected chi connectivity index (χ0v) is 23.3. The highest BCUT2D eigenvalue weighted by molar-refractivity contribution is 5.43. The van der Waals surface area contributed by atoms with E-state index in [0.29, 0.717) is 30.3 Å².